The van der Waals surface area contributed by atoms with E-state index in [1.54, 1.807) is 7.05 Å². The van der Waals surface area contributed by atoms with Gasteiger partial charge in [0.25, 0.3) is 5.91 Å². The van der Waals surface area contributed by atoms with Crippen LogP contribution in [0.15, 0.2) is 60.7 Å². The highest BCUT2D eigenvalue weighted by molar-refractivity contribution is 5.98. The molecule has 4 heteroatoms. The van der Waals surface area contributed by atoms with Crippen molar-refractivity contribution >= 4 is 23.1 Å². The molecule has 0 saturated carbocycles. The van der Waals surface area contributed by atoms with Crippen molar-refractivity contribution in [2.24, 2.45) is 0 Å². The number of aldehydes is 1. The molecule has 1 aromatic heterocycles. The van der Waals surface area contributed by atoms with Crippen molar-refractivity contribution in [1.82, 2.24) is 9.88 Å². The Labute approximate surface area is 147 Å². The maximum Gasteiger partial charge on any atom is 0.270 e. The average Bonchev–Trinajstić information content (AvgIpc) is 3.09. The summed E-state index contributed by atoms with van der Waals surface area (Å²) in [5.41, 5.74) is 2.68. The molecule has 3 rings (SSSR count). The second-order valence-corrected chi connectivity index (χ2v) is 6.27. The molecule has 0 spiro atoms. The number of aryl methyl sites for hydroxylation is 1. The van der Waals surface area contributed by atoms with Gasteiger partial charge in [0.15, 0.2) is 0 Å². The van der Waals surface area contributed by atoms with Crippen molar-refractivity contribution in [1.29, 1.82) is 0 Å². The second-order valence-electron chi connectivity index (χ2n) is 6.27. The third-order valence-corrected chi connectivity index (χ3v) is 4.54. The summed E-state index contributed by atoms with van der Waals surface area (Å²) in [5, 5.41) is 0.992. The number of rotatable bonds is 7. The Hall–Kier alpha value is -2.88. The van der Waals surface area contributed by atoms with Crippen LogP contribution in [0.25, 0.3) is 10.9 Å². The number of nitrogens with one attached hydrogen (secondary N) is 1. The van der Waals surface area contributed by atoms with Crippen molar-refractivity contribution in [2.75, 3.05) is 7.05 Å². The summed E-state index contributed by atoms with van der Waals surface area (Å²) in [5.74, 6) is -0.159. The first kappa shape index (κ1) is 17.0. The fourth-order valence-corrected chi connectivity index (χ4v) is 3.04. The van der Waals surface area contributed by atoms with Crippen molar-refractivity contribution in [2.45, 2.75) is 25.3 Å². The molecule has 1 amide bonds. The Kier molecular flexibility index (Phi) is 5.29. The number of carbonyl (C=O) groups excluding carboxylic acids is 2. The fraction of sp³-hybridized carbons (Fsp3) is 0.238. The van der Waals surface area contributed by atoms with Gasteiger partial charge in [0.1, 0.15) is 12.0 Å². The minimum absolute atomic E-state index is 0.159. The SMILES string of the molecule is CN(C(=O)c1cc2ccccc2[nH]1)[C@@H](C=O)CCCc1ccccc1. The van der Waals surface area contributed by atoms with Crippen molar-refractivity contribution in [3.05, 3.63) is 71.9 Å². The summed E-state index contributed by atoms with van der Waals surface area (Å²) in [6.07, 6.45) is 3.28. The van der Waals surface area contributed by atoms with E-state index in [0.29, 0.717) is 12.1 Å². The van der Waals surface area contributed by atoms with Crippen LogP contribution in [0.3, 0.4) is 0 Å². The third kappa shape index (κ3) is 3.97. The predicted molar refractivity (Wildman–Crippen MR) is 99.6 cm³/mol. The van der Waals surface area contributed by atoms with Gasteiger partial charge in [-0.2, -0.15) is 0 Å². The molecule has 0 aliphatic heterocycles. The van der Waals surface area contributed by atoms with Crippen LogP contribution in [0.1, 0.15) is 28.9 Å². The van der Waals surface area contributed by atoms with Gasteiger partial charge in [0, 0.05) is 18.0 Å². The maximum absolute atomic E-state index is 12.7. The van der Waals surface area contributed by atoms with Gasteiger partial charge < -0.3 is 14.7 Å². The van der Waals surface area contributed by atoms with E-state index in [1.807, 2.05) is 48.5 Å². The molecular formula is C21H22N2O2. The number of fused-ring (bicyclic) bond motifs is 1. The maximum atomic E-state index is 12.7. The molecule has 0 radical (unpaired) electrons. The Morgan fingerprint density at radius 2 is 1.84 bits per heavy atom. The van der Waals surface area contributed by atoms with Crippen molar-refractivity contribution in [3.8, 4) is 0 Å². The molecule has 3 aromatic rings. The molecule has 0 saturated heterocycles. The zero-order valence-corrected chi connectivity index (χ0v) is 14.3. The lowest BCUT2D eigenvalue weighted by Crippen LogP contribution is -2.38. The monoisotopic (exact) mass is 334 g/mol. The van der Waals surface area contributed by atoms with Crippen LogP contribution in [0.5, 0.6) is 0 Å². The highest BCUT2D eigenvalue weighted by Crippen LogP contribution is 2.17. The molecule has 0 bridgehead atoms. The smallest absolute Gasteiger partial charge is 0.270 e. The minimum Gasteiger partial charge on any atom is -0.351 e. The molecule has 128 valence electrons. The van der Waals surface area contributed by atoms with Crippen LogP contribution >= 0.6 is 0 Å². The van der Waals surface area contributed by atoms with E-state index >= 15 is 0 Å². The van der Waals surface area contributed by atoms with Gasteiger partial charge in [-0.05, 0) is 37.0 Å². The van der Waals surface area contributed by atoms with Crippen LogP contribution in [0.2, 0.25) is 0 Å². The molecule has 0 unspecified atom stereocenters. The fourth-order valence-electron chi connectivity index (χ4n) is 3.04. The summed E-state index contributed by atoms with van der Waals surface area (Å²) in [6, 6.07) is 19.3. The number of H-pyrrole nitrogens is 1. The number of para-hydroxylation sites is 1. The number of hydrogen-bond acceptors (Lipinski definition) is 2. The zero-order chi connectivity index (χ0) is 17.6. The summed E-state index contributed by atoms with van der Waals surface area (Å²) in [4.78, 5) is 28.8. The van der Waals surface area contributed by atoms with Crippen LogP contribution in [0, 0.1) is 0 Å². The molecule has 1 heterocycles. The highest BCUT2D eigenvalue weighted by atomic mass is 16.2. The number of aromatic amines is 1. The molecular weight excluding hydrogens is 312 g/mol. The van der Waals surface area contributed by atoms with E-state index in [9.17, 15) is 9.59 Å². The molecule has 2 aromatic carbocycles. The predicted octanol–water partition coefficient (Wildman–Crippen LogP) is 3.83. The Bertz CT molecular complexity index is 821. The van der Waals surface area contributed by atoms with Gasteiger partial charge in [-0.1, -0.05) is 48.5 Å². The van der Waals surface area contributed by atoms with Crippen LogP contribution in [-0.4, -0.2) is 35.2 Å². The summed E-state index contributed by atoms with van der Waals surface area (Å²) < 4.78 is 0. The third-order valence-electron chi connectivity index (χ3n) is 4.54. The first-order valence-corrected chi connectivity index (χ1v) is 8.53. The summed E-state index contributed by atoms with van der Waals surface area (Å²) in [6.45, 7) is 0. The Morgan fingerprint density at radius 1 is 1.12 bits per heavy atom. The van der Waals surface area contributed by atoms with E-state index in [-0.39, 0.29) is 5.91 Å². The number of likely N-dealkylation sites (N-methyl/N-ethyl adjacent to an activating group) is 1. The van der Waals surface area contributed by atoms with E-state index in [0.717, 1.165) is 30.0 Å². The van der Waals surface area contributed by atoms with Gasteiger partial charge in [0.05, 0.1) is 6.04 Å². The van der Waals surface area contributed by atoms with Crippen LogP contribution in [-0.2, 0) is 11.2 Å². The van der Waals surface area contributed by atoms with E-state index < -0.39 is 6.04 Å². The lowest BCUT2D eigenvalue weighted by atomic mass is 10.0. The normalized spacial score (nSPS) is 12.0. The van der Waals surface area contributed by atoms with E-state index in [2.05, 4.69) is 17.1 Å². The summed E-state index contributed by atoms with van der Waals surface area (Å²) in [7, 11) is 1.69. The van der Waals surface area contributed by atoms with E-state index in [4.69, 9.17) is 0 Å². The number of nitrogens with zero attached hydrogens (tertiary/aromatic N) is 1. The number of aromatic nitrogens is 1. The molecule has 1 atom stereocenters. The van der Waals surface area contributed by atoms with Crippen LogP contribution < -0.4 is 0 Å². The topological polar surface area (TPSA) is 53.2 Å². The highest BCUT2D eigenvalue weighted by Gasteiger charge is 2.21. The molecule has 0 fully saturated rings. The van der Waals surface area contributed by atoms with Gasteiger partial charge in [-0.15, -0.1) is 0 Å². The lowest BCUT2D eigenvalue weighted by molar-refractivity contribution is -0.111. The van der Waals surface area contributed by atoms with Crippen LogP contribution in [0.4, 0.5) is 0 Å². The Morgan fingerprint density at radius 3 is 2.56 bits per heavy atom. The largest absolute Gasteiger partial charge is 0.351 e. The minimum atomic E-state index is -0.414. The zero-order valence-electron chi connectivity index (χ0n) is 14.3. The van der Waals surface area contributed by atoms with Gasteiger partial charge in [-0.3, -0.25) is 4.79 Å². The van der Waals surface area contributed by atoms with Gasteiger partial charge in [0.2, 0.25) is 0 Å². The van der Waals surface area contributed by atoms with Crippen molar-refractivity contribution in [3.63, 3.8) is 0 Å². The molecule has 0 aliphatic carbocycles. The molecule has 4 nitrogen and oxygen atoms in total. The number of hydrogen-bond donors (Lipinski definition) is 1. The van der Waals surface area contributed by atoms with Gasteiger partial charge in [-0.25, -0.2) is 0 Å². The number of amides is 1. The lowest BCUT2D eigenvalue weighted by Gasteiger charge is -2.23. The molecule has 25 heavy (non-hydrogen) atoms. The van der Waals surface area contributed by atoms with E-state index in [1.165, 1.54) is 10.5 Å². The standard InChI is InChI=1S/C21H22N2O2/c1-23(18(15-24)12-7-10-16-8-3-2-4-9-16)21(25)20-14-17-11-5-6-13-19(17)22-20/h2-6,8-9,11,13-15,18,22H,7,10,12H2,1H3/t18-/m1/s1. The Balaban J connectivity index is 1.63. The molecule has 0 aliphatic rings. The average molecular weight is 334 g/mol. The first-order valence-electron chi connectivity index (χ1n) is 8.53. The van der Waals surface area contributed by atoms with Crippen molar-refractivity contribution < 1.29 is 9.59 Å². The quantitative estimate of drug-likeness (QED) is 0.668. The second kappa shape index (κ2) is 7.79. The summed E-state index contributed by atoms with van der Waals surface area (Å²) >= 11 is 0. The van der Waals surface area contributed by atoms with Gasteiger partial charge >= 0.3 is 0 Å². The first-order chi connectivity index (χ1) is 12.2. The molecule has 1 N–H and O–H groups in total. The number of carbonyl (C=O) groups is 2. The number of benzene rings is 2.